The first-order chi connectivity index (χ1) is 14.9. The van der Waals surface area contributed by atoms with E-state index in [2.05, 4.69) is 14.9 Å². The number of aryl methyl sites for hydroxylation is 2. The van der Waals surface area contributed by atoms with E-state index < -0.39 is 10.0 Å². The number of amides is 1. The highest BCUT2D eigenvalue weighted by Gasteiger charge is 2.22. The van der Waals surface area contributed by atoms with Crippen molar-refractivity contribution in [3.63, 3.8) is 0 Å². The predicted octanol–water partition coefficient (Wildman–Crippen LogP) is 2.80. The highest BCUT2D eigenvalue weighted by molar-refractivity contribution is 7.94. The summed E-state index contributed by atoms with van der Waals surface area (Å²) in [5.74, 6) is 1.32. The molecule has 3 aromatic rings. The fourth-order valence-corrected chi connectivity index (χ4v) is 5.74. The van der Waals surface area contributed by atoms with Crippen molar-refractivity contribution in [2.24, 2.45) is 0 Å². The van der Waals surface area contributed by atoms with Crippen LogP contribution in [0.4, 0.5) is 5.69 Å². The first kappa shape index (κ1) is 21.4. The van der Waals surface area contributed by atoms with Gasteiger partial charge in [-0.15, -0.1) is 11.3 Å². The van der Waals surface area contributed by atoms with Crippen LogP contribution < -0.4 is 14.4 Å². The van der Waals surface area contributed by atoms with Crippen LogP contribution in [0.3, 0.4) is 0 Å². The maximum atomic E-state index is 12.6. The summed E-state index contributed by atoms with van der Waals surface area (Å²) in [7, 11) is -2.08. The molecule has 0 radical (unpaired) electrons. The van der Waals surface area contributed by atoms with E-state index in [-0.39, 0.29) is 16.7 Å². The van der Waals surface area contributed by atoms with E-state index >= 15 is 0 Å². The lowest BCUT2D eigenvalue weighted by Crippen LogP contribution is -2.28. The van der Waals surface area contributed by atoms with Crippen molar-refractivity contribution < 1.29 is 17.9 Å². The fraction of sp³-hybridized carbons (Fsp3) is 0.333. The number of thiophene rings is 1. The molecule has 8 nitrogen and oxygen atoms in total. The molecule has 0 saturated carbocycles. The molecule has 0 fully saturated rings. The number of sulfonamides is 1. The number of benzene rings is 1. The molecule has 1 aliphatic heterocycles. The molecule has 0 bridgehead atoms. The Bertz CT molecular complexity index is 1120. The lowest BCUT2D eigenvalue weighted by molar-refractivity contribution is -0.123. The normalized spacial score (nSPS) is 13.5. The van der Waals surface area contributed by atoms with Gasteiger partial charge in [0.1, 0.15) is 15.8 Å². The van der Waals surface area contributed by atoms with Crippen LogP contribution in [-0.4, -0.2) is 37.5 Å². The van der Waals surface area contributed by atoms with Crippen molar-refractivity contribution in [3.05, 3.63) is 59.5 Å². The van der Waals surface area contributed by atoms with Crippen LogP contribution in [0.15, 0.2) is 52.2 Å². The summed E-state index contributed by atoms with van der Waals surface area (Å²) in [5, 5.41) is 4.54. The number of carbonyl (C=O) groups excluding carboxylic acids is 1. The maximum Gasteiger partial charge on any atom is 0.273 e. The molecule has 1 amide bonds. The molecule has 10 heteroatoms. The number of nitrogens with one attached hydrogen (secondary N) is 1. The quantitative estimate of drug-likeness (QED) is 0.558. The van der Waals surface area contributed by atoms with Gasteiger partial charge in [0.05, 0.1) is 17.9 Å². The molecule has 2 aromatic heterocycles. The lowest BCUT2D eigenvalue weighted by atomic mass is 10.2. The van der Waals surface area contributed by atoms with E-state index in [0.29, 0.717) is 18.0 Å². The number of fused-ring (bicyclic) bond motifs is 1. The fourth-order valence-electron chi connectivity index (χ4n) is 3.38. The van der Waals surface area contributed by atoms with E-state index in [0.717, 1.165) is 37.3 Å². The second-order valence-electron chi connectivity index (χ2n) is 7.26. The zero-order valence-corrected chi connectivity index (χ0v) is 18.8. The highest BCUT2D eigenvalue weighted by atomic mass is 32.2. The van der Waals surface area contributed by atoms with Gasteiger partial charge in [0, 0.05) is 26.2 Å². The molecule has 3 heterocycles. The van der Waals surface area contributed by atoms with E-state index in [4.69, 9.17) is 4.74 Å². The molecule has 4 rings (SSSR count). The zero-order valence-electron chi connectivity index (χ0n) is 17.2. The number of hydrogen-bond acceptors (Lipinski definition) is 6. The monoisotopic (exact) mass is 460 g/mol. The number of hydrogen-bond donors (Lipinski definition) is 1. The summed E-state index contributed by atoms with van der Waals surface area (Å²) in [6.45, 7) is 1.22. The Balaban J connectivity index is 1.28. The van der Waals surface area contributed by atoms with E-state index in [9.17, 15) is 13.2 Å². The molecule has 31 heavy (non-hydrogen) atoms. The minimum Gasteiger partial charge on any atom is -0.484 e. The minimum absolute atomic E-state index is 0.129. The van der Waals surface area contributed by atoms with Crippen molar-refractivity contribution in [1.82, 2.24) is 14.9 Å². The first-order valence-corrected chi connectivity index (χ1v) is 12.3. The van der Waals surface area contributed by atoms with Gasteiger partial charge in [-0.1, -0.05) is 6.07 Å². The number of rotatable bonds is 8. The molecule has 0 spiro atoms. The van der Waals surface area contributed by atoms with Crippen LogP contribution in [0, 0.1) is 0 Å². The molecule has 0 aliphatic carbocycles. The lowest BCUT2D eigenvalue weighted by Gasteiger charge is -2.18. The molecule has 1 aromatic carbocycles. The van der Waals surface area contributed by atoms with Crippen molar-refractivity contribution in [2.75, 3.05) is 18.0 Å². The number of carbonyl (C=O) groups is 1. The molecule has 1 N–H and O–H groups in total. The van der Waals surface area contributed by atoms with Crippen LogP contribution in [0.1, 0.15) is 24.4 Å². The Kier molecular flexibility index (Phi) is 6.28. The van der Waals surface area contributed by atoms with Gasteiger partial charge in [-0.05, 0) is 48.6 Å². The van der Waals surface area contributed by atoms with Crippen LogP contribution in [0.2, 0.25) is 0 Å². The van der Waals surface area contributed by atoms with Gasteiger partial charge in [-0.25, -0.2) is 13.4 Å². The number of ether oxygens (including phenoxy) is 1. The Morgan fingerprint density at radius 3 is 2.77 bits per heavy atom. The second-order valence-corrected chi connectivity index (χ2v) is 10.4. The smallest absolute Gasteiger partial charge is 0.273 e. The van der Waals surface area contributed by atoms with Gasteiger partial charge in [0.2, 0.25) is 0 Å². The highest BCUT2D eigenvalue weighted by Crippen LogP contribution is 2.26. The number of anilines is 1. The summed E-state index contributed by atoms with van der Waals surface area (Å²) in [4.78, 5) is 16.7. The molecule has 0 atom stereocenters. The molecule has 164 valence electrons. The zero-order chi connectivity index (χ0) is 21.8. The Labute approximate surface area is 185 Å². The Morgan fingerprint density at radius 2 is 2.06 bits per heavy atom. The van der Waals surface area contributed by atoms with Crippen molar-refractivity contribution in [2.45, 2.75) is 36.6 Å². The summed E-state index contributed by atoms with van der Waals surface area (Å²) in [5.41, 5.74) is 1.36. The third-order valence-corrected chi connectivity index (χ3v) is 8.26. The third-order valence-electron chi connectivity index (χ3n) is 5.11. The van der Waals surface area contributed by atoms with Gasteiger partial charge >= 0.3 is 0 Å². The number of aromatic nitrogens is 2. The molecular weight excluding hydrogens is 436 g/mol. The van der Waals surface area contributed by atoms with Crippen molar-refractivity contribution in [1.29, 1.82) is 0 Å². The standard InChI is InChI=1S/C21H24N4O4S2/c1-24(31(27,28)21-6-4-12-30-21)17-7-9-18(10-8-17)29-15-20(26)22-13-16-14-25-11-3-2-5-19(25)23-16/h4,6-10,12,14H,2-3,5,11,13,15H2,1H3,(H,22,26). The van der Waals surface area contributed by atoms with E-state index in [1.165, 1.54) is 22.7 Å². The molecule has 1 aliphatic rings. The molecular formula is C21H24N4O4S2. The number of imidazole rings is 1. The maximum absolute atomic E-state index is 12.6. The van der Waals surface area contributed by atoms with Crippen LogP contribution in [-0.2, 0) is 34.3 Å². The Morgan fingerprint density at radius 1 is 1.26 bits per heavy atom. The average Bonchev–Trinajstić information content (AvgIpc) is 3.46. The van der Waals surface area contributed by atoms with Crippen molar-refractivity contribution >= 4 is 33.0 Å². The SMILES string of the molecule is CN(c1ccc(OCC(=O)NCc2cn3c(n2)CCCC3)cc1)S(=O)(=O)c1cccs1. The van der Waals surface area contributed by atoms with Crippen LogP contribution in [0.5, 0.6) is 5.75 Å². The minimum atomic E-state index is -3.58. The van der Waals surface area contributed by atoms with Crippen LogP contribution in [0.25, 0.3) is 0 Å². The second kappa shape index (κ2) is 9.11. The summed E-state index contributed by atoms with van der Waals surface area (Å²) in [6.07, 6.45) is 5.30. The van der Waals surface area contributed by atoms with Crippen LogP contribution >= 0.6 is 11.3 Å². The summed E-state index contributed by atoms with van der Waals surface area (Å²) in [6, 6.07) is 9.86. The average molecular weight is 461 g/mol. The number of nitrogens with zero attached hydrogens (tertiary/aromatic N) is 3. The molecule has 0 unspecified atom stereocenters. The van der Waals surface area contributed by atoms with Gasteiger partial charge in [-0.2, -0.15) is 0 Å². The van der Waals surface area contributed by atoms with Gasteiger partial charge in [-0.3, -0.25) is 9.10 Å². The van der Waals surface area contributed by atoms with E-state index in [1.54, 1.807) is 41.8 Å². The van der Waals surface area contributed by atoms with Gasteiger partial charge in [0.15, 0.2) is 6.61 Å². The van der Waals surface area contributed by atoms with Gasteiger partial charge < -0.3 is 14.6 Å². The van der Waals surface area contributed by atoms with E-state index in [1.807, 2.05) is 6.20 Å². The Hall–Kier alpha value is -2.85. The topological polar surface area (TPSA) is 93.5 Å². The predicted molar refractivity (Wildman–Crippen MR) is 119 cm³/mol. The largest absolute Gasteiger partial charge is 0.484 e. The third kappa shape index (κ3) is 4.91. The van der Waals surface area contributed by atoms with Crippen molar-refractivity contribution in [3.8, 4) is 5.75 Å². The van der Waals surface area contributed by atoms with Gasteiger partial charge in [0.25, 0.3) is 15.9 Å². The summed E-state index contributed by atoms with van der Waals surface area (Å²) >= 11 is 1.17. The summed E-state index contributed by atoms with van der Waals surface area (Å²) < 4.78 is 34.4. The first-order valence-electron chi connectivity index (χ1n) is 10.0. The molecule has 0 saturated heterocycles.